The Morgan fingerprint density at radius 2 is 1.73 bits per heavy atom. The van der Waals surface area contributed by atoms with Crippen molar-refractivity contribution >= 4 is 7.28 Å². The SMILES string of the molecule is CBC[C@H]1CC[C@H](CN)CC1. The maximum Gasteiger partial charge on any atom is 0.117 e. The van der Waals surface area contributed by atoms with Gasteiger partial charge in [-0.25, -0.2) is 0 Å². The molecule has 0 unspecified atom stereocenters. The van der Waals surface area contributed by atoms with Gasteiger partial charge in [0.1, 0.15) is 7.28 Å². The van der Waals surface area contributed by atoms with Gasteiger partial charge in [-0.1, -0.05) is 26.0 Å². The molecule has 0 saturated heterocycles. The van der Waals surface area contributed by atoms with Gasteiger partial charge in [-0.3, -0.25) is 0 Å². The minimum atomic E-state index is 0.850. The van der Waals surface area contributed by atoms with Crippen molar-refractivity contribution in [2.45, 2.75) is 38.8 Å². The van der Waals surface area contributed by atoms with Gasteiger partial charge < -0.3 is 5.73 Å². The summed E-state index contributed by atoms with van der Waals surface area (Å²) in [4.78, 5) is 0. The van der Waals surface area contributed by atoms with E-state index in [4.69, 9.17) is 5.73 Å². The Morgan fingerprint density at radius 3 is 2.18 bits per heavy atom. The van der Waals surface area contributed by atoms with Crippen LogP contribution in [0, 0.1) is 11.8 Å². The molecule has 1 saturated carbocycles. The first-order chi connectivity index (χ1) is 5.36. The molecule has 0 aromatic carbocycles. The highest BCUT2D eigenvalue weighted by Crippen LogP contribution is 2.30. The summed E-state index contributed by atoms with van der Waals surface area (Å²) in [5.74, 6) is 1.88. The van der Waals surface area contributed by atoms with Crippen LogP contribution >= 0.6 is 0 Å². The van der Waals surface area contributed by atoms with E-state index in [1.165, 1.54) is 39.3 Å². The fourth-order valence-electron chi connectivity index (χ4n) is 2.16. The predicted molar refractivity (Wildman–Crippen MR) is 52.3 cm³/mol. The molecule has 0 aliphatic heterocycles. The van der Waals surface area contributed by atoms with E-state index in [1.807, 2.05) is 0 Å². The van der Waals surface area contributed by atoms with Crippen LogP contribution in [0.15, 0.2) is 0 Å². The molecule has 0 aromatic heterocycles. The summed E-state index contributed by atoms with van der Waals surface area (Å²) in [5.41, 5.74) is 5.62. The Morgan fingerprint density at radius 1 is 1.18 bits per heavy atom. The van der Waals surface area contributed by atoms with Crippen molar-refractivity contribution < 1.29 is 0 Å². The van der Waals surface area contributed by atoms with Crippen LogP contribution in [0.5, 0.6) is 0 Å². The van der Waals surface area contributed by atoms with Crippen LogP contribution in [-0.2, 0) is 0 Å². The lowest BCUT2D eigenvalue weighted by Gasteiger charge is -2.27. The Balaban J connectivity index is 2.14. The largest absolute Gasteiger partial charge is 0.330 e. The molecule has 1 nitrogen and oxygen atoms in total. The Kier molecular flexibility index (Phi) is 3.99. The number of rotatable bonds is 3. The molecule has 2 N–H and O–H groups in total. The molecule has 0 radical (unpaired) electrons. The zero-order valence-corrected chi connectivity index (χ0v) is 7.68. The maximum absolute atomic E-state index is 5.62. The van der Waals surface area contributed by atoms with Gasteiger partial charge in [0.15, 0.2) is 0 Å². The average Bonchev–Trinajstić information content (AvgIpc) is 2.07. The van der Waals surface area contributed by atoms with E-state index in [9.17, 15) is 0 Å². The van der Waals surface area contributed by atoms with Crippen LogP contribution in [0.25, 0.3) is 0 Å². The lowest BCUT2D eigenvalue weighted by Crippen LogP contribution is -2.21. The van der Waals surface area contributed by atoms with Gasteiger partial charge in [0, 0.05) is 0 Å². The molecule has 0 spiro atoms. The molecule has 64 valence electrons. The molecular weight excluding hydrogens is 133 g/mol. The van der Waals surface area contributed by atoms with Crippen LogP contribution in [0.2, 0.25) is 13.1 Å². The molecule has 1 rings (SSSR count). The lowest BCUT2D eigenvalue weighted by molar-refractivity contribution is 0.295. The molecule has 0 aromatic rings. The van der Waals surface area contributed by atoms with E-state index in [-0.39, 0.29) is 0 Å². The van der Waals surface area contributed by atoms with E-state index in [0.29, 0.717) is 0 Å². The van der Waals surface area contributed by atoms with Crippen LogP contribution in [-0.4, -0.2) is 13.8 Å². The highest BCUT2D eigenvalue weighted by atomic mass is 14.5. The Hall–Kier alpha value is 0.0249. The van der Waals surface area contributed by atoms with E-state index in [1.54, 1.807) is 0 Å². The first-order valence-corrected chi connectivity index (χ1v) is 5.06. The third-order valence-corrected chi connectivity index (χ3v) is 3.00. The van der Waals surface area contributed by atoms with Crippen molar-refractivity contribution in [2.75, 3.05) is 6.54 Å². The van der Waals surface area contributed by atoms with Gasteiger partial charge in [-0.05, 0) is 31.2 Å². The highest BCUT2D eigenvalue weighted by molar-refractivity contribution is 6.33. The molecule has 2 heteroatoms. The van der Waals surface area contributed by atoms with Crippen LogP contribution in [0.4, 0.5) is 0 Å². The minimum Gasteiger partial charge on any atom is -0.330 e. The standard InChI is InChI=1S/C9H20BN/c1-10-6-8-2-4-9(7-11)5-3-8/h8-10H,2-7,11H2,1H3/t8-,9-. The van der Waals surface area contributed by atoms with E-state index < -0.39 is 0 Å². The molecule has 11 heavy (non-hydrogen) atoms. The van der Waals surface area contributed by atoms with E-state index >= 15 is 0 Å². The molecule has 1 aliphatic carbocycles. The van der Waals surface area contributed by atoms with Gasteiger partial charge in [0.25, 0.3) is 0 Å². The third-order valence-electron chi connectivity index (χ3n) is 3.00. The molecule has 1 fully saturated rings. The zero-order valence-electron chi connectivity index (χ0n) is 7.68. The number of hydrogen-bond donors (Lipinski definition) is 1. The first kappa shape index (κ1) is 9.12. The third kappa shape index (κ3) is 2.86. The van der Waals surface area contributed by atoms with Gasteiger partial charge >= 0.3 is 0 Å². The van der Waals surface area contributed by atoms with Crippen molar-refractivity contribution in [3.8, 4) is 0 Å². The molecule has 0 amide bonds. The summed E-state index contributed by atoms with van der Waals surface area (Å²) in [6.45, 7) is 3.20. The van der Waals surface area contributed by atoms with Gasteiger partial charge in [-0.2, -0.15) is 0 Å². The number of nitrogens with two attached hydrogens (primary N) is 1. The molecule has 0 bridgehead atoms. The normalized spacial score (nSPS) is 31.8. The first-order valence-electron chi connectivity index (χ1n) is 5.06. The molecule has 0 atom stereocenters. The Bertz CT molecular complexity index is 97.7. The van der Waals surface area contributed by atoms with Crippen molar-refractivity contribution in [3.63, 3.8) is 0 Å². The van der Waals surface area contributed by atoms with Crippen LogP contribution in [0.3, 0.4) is 0 Å². The van der Waals surface area contributed by atoms with E-state index in [0.717, 1.165) is 18.4 Å². The predicted octanol–water partition coefficient (Wildman–Crippen LogP) is 1.65. The quantitative estimate of drug-likeness (QED) is 0.613. The van der Waals surface area contributed by atoms with E-state index in [2.05, 4.69) is 6.82 Å². The fourth-order valence-corrected chi connectivity index (χ4v) is 2.16. The zero-order chi connectivity index (χ0) is 8.10. The van der Waals surface area contributed by atoms with Gasteiger partial charge in [0.2, 0.25) is 0 Å². The summed E-state index contributed by atoms with van der Waals surface area (Å²) in [7, 11) is 1.36. The van der Waals surface area contributed by atoms with Crippen molar-refractivity contribution in [1.29, 1.82) is 0 Å². The van der Waals surface area contributed by atoms with Crippen molar-refractivity contribution in [1.82, 2.24) is 0 Å². The highest BCUT2D eigenvalue weighted by Gasteiger charge is 2.18. The molecular formula is C9H20BN. The van der Waals surface area contributed by atoms with Gasteiger partial charge in [-0.15, -0.1) is 0 Å². The summed E-state index contributed by atoms with van der Waals surface area (Å²) < 4.78 is 0. The summed E-state index contributed by atoms with van der Waals surface area (Å²) >= 11 is 0. The number of hydrogen-bond acceptors (Lipinski definition) is 1. The molecule has 1 aliphatic rings. The van der Waals surface area contributed by atoms with Gasteiger partial charge in [0.05, 0.1) is 0 Å². The average molecular weight is 153 g/mol. The van der Waals surface area contributed by atoms with Crippen LogP contribution < -0.4 is 5.73 Å². The van der Waals surface area contributed by atoms with Crippen molar-refractivity contribution in [2.24, 2.45) is 17.6 Å². The maximum atomic E-state index is 5.62. The summed E-state index contributed by atoms with van der Waals surface area (Å²) in [6, 6.07) is 0. The van der Waals surface area contributed by atoms with Crippen LogP contribution in [0.1, 0.15) is 25.7 Å². The monoisotopic (exact) mass is 153 g/mol. The topological polar surface area (TPSA) is 26.0 Å². The molecule has 0 heterocycles. The second kappa shape index (κ2) is 4.81. The smallest absolute Gasteiger partial charge is 0.117 e. The summed E-state index contributed by atoms with van der Waals surface area (Å²) in [6.07, 6.45) is 7.10. The minimum absolute atomic E-state index is 0.850. The second-order valence-corrected chi connectivity index (χ2v) is 3.91. The summed E-state index contributed by atoms with van der Waals surface area (Å²) in [5, 5.41) is 0. The fraction of sp³-hybridized carbons (Fsp3) is 1.00. The lowest BCUT2D eigenvalue weighted by atomic mass is 9.67. The Labute approximate surface area is 71.0 Å². The van der Waals surface area contributed by atoms with Crippen molar-refractivity contribution in [3.05, 3.63) is 0 Å². The second-order valence-electron chi connectivity index (χ2n) is 3.91.